The van der Waals surface area contributed by atoms with Crippen molar-refractivity contribution in [3.05, 3.63) is 47.0 Å². The quantitative estimate of drug-likeness (QED) is 0.805. The van der Waals surface area contributed by atoms with Crippen molar-refractivity contribution >= 4 is 6.03 Å². The van der Waals surface area contributed by atoms with Crippen LogP contribution in [0.15, 0.2) is 24.4 Å². The highest BCUT2D eigenvalue weighted by Gasteiger charge is 2.22. The number of nitrogens with one attached hydrogen (secondary N) is 3. The van der Waals surface area contributed by atoms with Crippen LogP contribution in [0.4, 0.5) is 9.18 Å². The van der Waals surface area contributed by atoms with E-state index in [0.717, 1.165) is 30.5 Å². The first-order valence-corrected chi connectivity index (χ1v) is 7.98. The van der Waals surface area contributed by atoms with Crippen LogP contribution in [-0.2, 0) is 12.8 Å². The molecular formula is C17H21FN4O2. The van der Waals surface area contributed by atoms with E-state index in [1.807, 2.05) is 0 Å². The van der Waals surface area contributed by atoms with Crippen LogP contribution >= 0.6 is 0 Å². The molecule has 1 aliphatic carbocycles. The van der Waals surface area contributed by atoms with Crippen LogP contribution in [0.5, 0.6) is 5.75 Å². The molecule has 0 saturated carbocycles. The molecule has 24 heavy (non-hydrogen) atoms. The molecule has 0 spiro atoms. The average molecular weight is 332 g/mol. The lowest BCUT2D eigenvalue weighted by Gasteiger charge is -2.24. The summed E-state index contributed by atoms with van der Waals surface area (Å²) in [7, 11) is 1.52. The van der Waals surface area contributed by atoms with Gasteiger partial charge in [0.1, 0.15) is 11.6 Å². The van der Waals surface area contributed by atoms with Gasteiger partial charge in [-0.15, -0.1) is 0 Å². The number of amides is 2. The molecule has 0 bridgehead atoms. The maximum absolute atomic E-state index is 13.5. The van der Waals surface area contributed by atoms with Crippen LogP contribution in [0.2, 0.25) is 0 Å². The molecule has 7 heteroatoms. The number of rotatable bonds is 4. The number of urea groups is 1. The molecule has 0 radical (unpaired) electrons. The molecule has 1 aliphatic rings. The number of carbonyl (C=O) groups excluding carboxylic acids is 1. The molecule has 0 aliphatic heterocycles. The number of aromatic nitrogens is 2. The number of aryl methyl sites for hydroxylation is 1. The van der Waals surface area contributed by atoms with Gasteiger partial charge >= 0.3 is 6.03 Å². The van der Waals surface area contributed by atoms with Gasteiger partial charge in [-0.25, -0.2) is 9.18 Å². The van der Waals surface area contributed by atoms with Crippen molar-refractivity contribution in [1.29, 1.82) is 0 Å². The van der Waals surface area contributed by atoms with Crippen molar-refractivity contribution in [2.45, 2.75) is 38.3 Å². The molecule has 2 amide bonds. The third-order valence-corrected chi connectivity index (χ3v) is 4.36. The Morgan fingerprint density at radius 3 is 3.12 bits per heavy atom. The van der Waals surface area contributed by atoms with Crippen LogP contribution in [0.25, 0.3) is 0 Å². The predicted molar refractivity (Wildman–Crippen MR) is 87.4 cm³/mol. The Morgan fingerprint density at radius 1 is 1.50 bits per heavy atom. The summed E-state index contributed by atoms with van der Waals surface area (Å²) in [6, 6.07) is 3.69. The van der Waals surface area contributed by atoms with Gasteiger partial charge in [-0.2, -0.15) is 5.10 Å². The highest BCUT2D eigenvalue weighted by molar-refractivity contribution is 5.75. The molecule has 2 unspecified atom stereocenters. The minimum atomic E-state index is -0.372. The van der Waals surface area contributed by atoms with E-state index in [1.54, 1.807) is 19.2 Å². The predicted octanol–water partition coefficient (Wildman–Crippen LogP) is 2.48. The molecule has 1 heterocycles. The summed E-state index contributed by atoms with van der Waals surface area (Å²) in [5.74, 6) is 0.185. The number of hydrogen-bond donors (Lipinski definition) is 3. The maximum atomic E-state index is 13.5. The van der Waals surface area contributed by atoms with Crippen LogP contribution in [0.3, 0.4) is 0 Å². The van der Waals surface area contributed by atoms with Crippen molar-refractivity contribution in [3.63, 3.8) is 0 Å². The van der Waals surface area contributed by atoms with Crippen LogP contribution in [-0.4, -0.2) is 29.4 Å². The topological polar surface area (TPSA) is 79.0 Å². The number of halogens is 1. The zero-order valence-electron chi connectivity index (χ0n) is 13.7. The molecule has 0 saturated heterocycles. The molecule has 3 rings (SSSR count). The zero-order chi connectivity index (χ0) is 17.1. The first-order valence-electron chi connectivity index (χ1n) is 7.98. The van der Waals surface area contributed by atoms with E-state index in [4.69, 9.17) is 4.74 Å². The molecule has 1 aromatic carbocycles. The second kappa shape index (κ2) is 6.90. The van der Waals surface area contributed by atoms with Gasteiger partial charge in [-0.1, -0.05) is 0 Å². The van der Waals surface area contributed by atoms with Crippen LogP contribution in [0.1, 0.15) is 36.2 Å². The first-order chi connectivity index (χ1) is 11.6. The van der Waals surface area contributed by atoms with Gasteiger partial charge in [0.15, 0.2) is 0 Å². The fourth-order valence-electron chi connectivity index (χ4n) is 3.08. The van der Waals surface area contributed by atoms with E-state index in [0.29, 0.717) is 11.3 Å². The van der Waals surface area contributed by atoms with Gasteiger partial charge in [0.25, 0.3) is 0 Å². The Balaban J connectivity index is 1.60. The Bertz CT molecular complexity index is 731. The monoisotopic (exact) mass is 332 g/mol. The molecule has 6 nitrogen and oxygen atoms in total. The minimum absolute atomic E-state index is 0.0664. The van der Waals surface area contributed by atoms with Gasteiger partial charge in [-0.3, -0.25) is 5.10 Å². The second-order valence-corrected chi connectivity index (χ2v) is 6.04. The lowest BCUT2D eigenvalue weighted by atomic mass is 9.94. The molecule has 3 N–H and O–H groups in total. The zero-order valence-corrected chi connectivity index (χ0v) is 13.7. The van der Waals surface area contributed by atoms with E-state index in [1.165, 1.54) is 19.2 Å². The molecule has 1 aromatic heterocycles. The molecule has 2 atom stereocenters. The average Bonchev–Trinajstić information content (AvgIpc) is 3.02. The number of methoxy groups -OCH3 is 1. The summed E-state index contributed by atoms with van der Waals surface area (Å²) in [5, 5.41) is 12.8. The number of nitrogens with zero attached hydrogens (tertiary/aromatic N) is 1. The second-order valence-electron chi connectivity index (χ2n) is 6.04. The highest BCUT2D eigenvalue weighted by atomic mass is 19.1. The molecule has 2 aromatic rings. The van der Waals surface area contributed by atoms with E-state index in [9.17, 15) is 9.18 Å². The van der Waals surface area contributed by atoms with Crippen LogP contribution in [0, 0.1) is 5.82 Å². The fraction of sp³-hybridized carbons (Fsp3) is 0.412. The van der Waals surface area contributed by atoms with Gasteiger partial charge < -0.3 is 15.4 Å². The summed E-state index contributed by atoms with van der Waals surface area (Å²) < 4.78 is 18.7. The number of carbonyl (C=O) groups is 1. The third kappa shape index (κ3) is 3.50. The molecule has 128 valence electrons. The van der Waals surface area contributed by atoms with Gasteiger partial charge in [-0.05, 0) is 49.9 Å². The van der Waals surface area contributed by atoms with Crippen molar-refractivity contribution in [3.8, 4) is 5.75 Å². The maximum Gasteiger partial charge on any atom is 0.315 e. The van der Waals surface area contributed by atoms with E-state index in [-0.39, 0.29) is 23.9 Å². The van der Waals surface area contributed by atoms with Gasteiger partial charge in [0, 0.05) is 17.3 Å². The SMILES string of the molecule is COc1ccc(F)cc1C(C)NC(=O)NC1CCc2[nH]ncc2C1. The summed E-state index contributed by atoms with van der Waals surface area (Å²) in [6.45, 7) is 1.80. The Morgan fingerprint density at radius 2 is 2.33 bits per heavy atom. The van der Waals surface area contributed by atoms with Gasteiger partial charge in [0.05, 0.1) is 19.3 Å². The van der Waals surface area contributed by atoms with Crippen molar-refractivity contribution in [2.24, 2.45) is 0 Å². The third-order valence-electron chi connectivity index (χ3n) is 4.36. The van der Waals surface area contributed by atoms with E-state index in [2.05, 4.69) is 20.8 Å². The normalized spacial score (nSPS) is 17.7. The highest BCUT2D eigenvalue weighted by Crippen LogP contribution is 2.26. The number of benzene rings is 1. The lowest BCUT2D eigenvalue weighted by Crippen LogP contribution is -2.45. The van der Waals surface area contributed by atoms with E-state index >= 15 is 0 Å². The Labute approximate surface area is 139 Å². The number of aromatic amines is 1. The standard InChI is InChI=1S/C17H21FN4O2/c1-10(14-8-12(18)3-6-16(14)24-2)20-17(23)21-13-4-5-15-11(7-13)9-19-22-15/h3,6,8-10,13H,4-5,7H2,1-2H3,(H,19,22)(H2,20,21,23). The van der Waals surface area contributed by atoms with E-state index < -0.39 is 0 Å². The van der Waals surface area contributed by atoms with Crippen molar-refractivity contribution < 1.29 is 13.9 Å². The largest absolute Gasteiger partial charge is 0.496 e. The summed E-state index contributed by atoms with van der Waals surface area (Å²) >= 11 is 0. The Kier molecular flexibility index (Phi) is 4.69. The summed E-state index contributed by atoms with van der Waals surface area (Å²) in [5.41, 5.74) is 2.89. The smallest absolute Gasteiger partial charge is 0.315 e. The molecular weight excluding hydrogens is 311 g/mol. The number of H-pyrrole nitrogens is 1. The van der Waals surface area contributed by atoms with Crippen LogP contribution < -0.4 is 15.4 Å². The number of fused-ring (bicyclic) bond motifs is 1. The number of ether oxygens (including phenoxy) is 1. The summed E-state index contributed by atoms with van der Waals surface area (Å²) in [6.07, 6.45) is 4.30. The van der Waals surface area contributed by atoms with Crippen molar-refractivity contribution in [1.82, 2.24) is 20.8 Å². The minimum Gasteiger partial charge on any atom is -0.496 e. The first kappa shape index (κ1) is 16.3. The lowest BCUT2D eigenvalue weighted by molar-refractivity contribution is 0.232. The Hall–Kier alpha value is -2.57. The van der Waals surface area contributed by atoms with Crippen molar-refractivity contribution in [2.75, 3.05) is 7.11 Å². The number of hydrogen-bond acceptors (Lipinski definition) is 3. The van der Waals surface area contributed by atoms with Gasteiger partial charge in [0.2, 0.25) is 0 Å². The molecule has 0 fully saturated rings. The fourth-order valence-corrected chi connectivity index (χ4v) is 3.08. The summed E-state index contributed by atoms with van der Waals surface area (Å²) in [4.78, 5) is 12.2.